The molecule has 1 fully saturated rings. The van der Waals surface area contributed by atoms with Crippen LogP contribution < -0.4 is 10.1 Å². The highest BCUT2D eigenvalue weighted by Crippen LogP contribution is 2.20. The average Bonchev–Trinajstić information content (AvgIpc) is 2.62. The molecule has 2 rings (SSSR count). The van der Waals surface area contributed by atoms with E-state index < -0.39 is 0 Å². The molecule has 1 aromatic rings. The third-order valence-corrected chi connectivity index (χ3v) is 4.28. The first-order valence-corrected chi connectivity index (χ1v) is 8.66. The van der Waals surface area contributed by atoms with Crippen LogP contribution in [0.25, 0.3) is 0 Å². The van der Waals surface area contributed by atoms with E-state index in [9.17, 15) is 9.59 Å². The van der Waals surface area contributed by atoms with Crippen LogP contribution in [0.15, 0.2) is 18.2 Å². The van der Waals surface area contributed by atoms with Crippen molar-refractivity contribution in [1.82, 2.24) is 15.1 Å². The molecule has 0 unspecified atom stereocenters. The van der Waals surface area contributed by atoms with E-state index in [2.05, 4.69) is 5.32 Å². The van der Waals surface area contributed by atoms with Crippen molar-refractivity contribution in [3.8, 4) is 5.75 Å². The minimum Gasteiger partial charge on any atom is -0.491 e. The molecule has 138 valence electrons. The summed E-state index contributed by atoms with van der Waals surface area (Å²) in [6.45, 7) is 9.04. The van der Waals surface area contributed by atoms with Gasteiger partial charge in [-0.05, 0) is 38.0 Å². The molecule has 1 heterocycles. The topological polar surface area (TPSA) is 71.1 Å². The van der Waals surface area contributed by atoms with Gasteiger partial charge in [-0.15, -0.1) is 0 Å². The number of carbonyl (C=O) groups is 2. The van der Waals surface area contributed by atoms with E-state index in [-0.39, 0.29) is 12.1 Å². The standard InChI is InChI=1S/C18H27N3O4/c1-4-24-18(23)21-11-9-20(10-12-21)17(22)19-8-13-25-16-7-5-6-14(2)15(16)3/h5-7H,4,8-13H2,1-3H3,(H,19,22). The van der Waals surface area contributed by atoms with Crippen molar-refractivity contribution in [2.24, 2.45) is 0 Å². The lowest BCUT2D eigenvalue weighted by atomic mass is 10.1. The summed E-state index contributed by atoms with van der Waals surface area (Å²) in [5.41, 5.74) is 2.30. The van der Waals surface area contributed by atoms with Crippen LogP contribution in [-0.2, 0) is 4.74 Å². The Kier molecular flexibility index (Phi) is 6.91. The molecule has 7 heteroatoms. The summed E-state index contributed by atoms with van der Waals surface area (Å²) in [6, 6.07) is 5.80. The number of urea groups is 1. The molecule has 1 aromatic carbocycles. The zero-order valence-electron chi connectivity index (χ0n) is 15.2. The SMILES string of the molecule is CCOC(=O)N1CCN(C(=O)NCCOc2cccc(C)c2C)CC1. The third-order valence-electron chi connectivity index (χ3n) is 4.28. The molecule has 0 aliphatic carbocycles. The smallest absolute Gasteiger partial charge is 0.409 e. The van der Waals surface area contributed by atoms with Crippen LogP contribution in [0.5, 0.6) is 5.75 Å². The van der Waals surface area contributed by atoms with Crippen molar-refractivity contribution >= 4 is 12.1 Å². The van der Waals surface area contributed by atoms with Crippen LogP contribution >= 0.6 is 0 Å². The quantitative estimate of drug-likeness (QED) is 0.827. The number of nitrogens with zero attached hydrogens (tertiary/aromatic N) is 2. The van der Waals surface area contributed by atoms with E-state index in [4.69, 9.17) is 9.47 Å². The summed E-state index contributed by atoms with van der Waals surface area (Å²) in [6.07, 6.45) is -0.315. The van der Waals surface area contributed by atoms with Gasteiger partial charge in [-0.1, -0.05) is 12.1 Å². The summed E-state index contributed by atoms with van der Waals surface area (Å²) < 4.78 is 10.7. The Labute approximate surface area is 148 Å². The Morgan fingerprint density at radius 2 is 1.80 bits per heavy atom. The number of rotatable bonds is 5. The Hall–Kier alpha value is -2.44. The predicted octanol–water partition coefficient (Wildman–Crippen LogP) is 2.17. The van der Waals surface area contributed by atoms with E-state index >= 15 is 0 Å². The van der Waals surface area contributed by atoms with Gasteiger partial charge in [-0.25, -0.2) is 9.59 Å². The Morgan fingerprint density at radius 3 is 2.48 bits per heavy atom. The molecular formula is C18H27N3O4. The van der Waals surface area contributed by atoms with E-state index in [0.717, 1.165) is 11.3 Å². The van der Waals surface area contributed by atoms with Crippen molar-refractivity contribution in [2.75, 3.05) is 45.9 Å². The van der Waals surface area contributed by atoms with Crippen LogP contribution in [0.4, 0.5) is 9.59 Å². The maximum atomic E-state index is 12.2. The first-order valence-electron chi connectivity index (χ1n) is 8.66. The van der Waals surface area contributed by atoms with Crippen LogP contribution in [0, 0.1) is 13.8 Å². The van der Waals surface area contributed by atoms with Gasteiger partial charge in [0.2, 0.25) is 0 Å². The number of nitrogens with one attached hydrogen (secondary N) is 1. The zero-order valence-corrected chi connectivity index (χ0v) is 15.2. The molecule has 1 N–H and O–H groups in total. The fraction of sp³-hybridized carbons (Fsp3) is 0.556. The molecule has 1 saturated heterocycles. The molecular weight excluding hydrogens is 322 g/mol. The second-order valence-corrected chi connectivity index (χ2v) is 5.95. The molecule has 0 bridgehead atoms. The summed E-state index contributed by atoms with van der Waals surface area (Å²) in [4.78, 5) is 27.1. The maximum Gasteiger partial charge on any atom is 0.409 e. The second-order valence-electron chi connectivity index (χ2n) is 5.95. The Bertz CT molecular complexity index is 598. The van der Waals surface area contributed by atoms with Gasteiger partial charge < -0.3 is 24.6 Å². The van der Waals surface area contributed by atoms with Crippen molar-refractivity contribution in [1.29, 1.82) is 0 Å². The summed E-state index contributed by atoms with van der Waals surface area (Å²) in [7, 11) is 0. The summed E-state index contributed by atoms with van der Waals surface area (Å²) in [5.74, 6) is 0.845. The number of amides is 3. The highest BCUT2D eigenvalue weighted by atomic mass is 16.6. The normalized spacial score (nSPS) is 14.2. The van der Waals surface area contributed by atoms with Gasteiger partial charge in [-0.2, -0.15) is 0 Å². The fourth-order valence-corrected chi connectivity index (χ4v) is 2.62. The van der Waals surface area contributed by atoms with E-state index in [0.29, 0.717) is 45.9 Å². The van der Waals surface area contributed by atoms with Crippen molar-refractivity contribution in [2.45, 2.75) is 20.8 Å². The van der Waals surface area contributed by atoms with Crippen LogP contribution in [0.2, 0.25) is 0 Å². The molecule has 25 heavy (non-hydrogen) atoms. The zero-order chi connectivity index (χ0) is 18.2. The van der Waals surface area contributed by atoms with Gasteiger partial charge in [0.1, 0.15) is 12.4 Å². The monoisotopic (exact) mass is 349 g/mol. The molecule has 0 radical (unpaired) electrons. The molecule has 0 aromatic heterocycles. The van der Waals surface area contributed by atoms with Gasteiger partial charge >= 0.3 is 12.1 Å². The molecule has 1 aliphatic rings. The molecule has 3 amide bonds. The van der Waals surface area contributed by atoms with Gasteiger partial charge in [-0.3, -0.25) is 0 Å². The first kappa shape index (κ1) is 18.9. The lowest BCUT2D eigenvalue weighted by Gasteiger charge is -2.34. The average molecular weight is 349 g/mol. The Balaban J connectivity index is 1.68. The van der Waals surface area contributed by atoms with Crippen LogP contribution in [-0.4, -0.2) is 67.9 Å². The van der Waals surface area contributed by atoms with E-state index in [1.807, 2.05) is 32.0 Å². The molecule has 0 saturated carbocycles. The lowest BCUT2D eigenvalue weighted by Crippen LogP contribution is -2.53. The summed E-state index contributed by atoms with van der Waals surface area (Å²) in [5, 5.41) is 2.85. The number of aryl methyl sites for hydroxylation is 1. The van der Waals surface area contributed by atoms with Gasteiger partial charge in [0.05, 0.1) is 13.2 Å². The number of piperazine rings is 1. The largest absolute Gasteiger partial charge is 0.491 e. The van der Waals surface area contributed by atoms with E-state index in [1.165, 1.54) is 5.56 Å². The number of carbonyl (C=O) groups excluding carboxylic acids is 2. The van der Waals surface area contributed by atoms with E-state index in [1.54, 1.807) is 16.7 Å². The predicted molar refractivity (Wildman–Crippen MR) is 95.0 cm³/mol. The lowest BCUT2D eigenvalue weighted by molar-refractivity contribution is 0.0851. The summed E-state index contributed by atoms with van der Waals surface area (Å²) >= 11 is 0. The molecule has 0 spiro atoms. The maximum absolute atomic E-state index is 12.2. The van der Waals surface area contributed by atoms with Crippen molar-refractivity contribution in [3.63, 3.8) is 0 Å². The number of ether oxygens (including phenoxy) is 2. The minimum absolute atomic E-state index is 0.131. The highest BCUT2D eigenvalue weighted by molar-refractivity contribution is 5.75. The third kappa shape index (κ3) is 5.27. The van der Waals surface area contributed by atoms with Crippen LogP contribution in [0.3, 0.4) is 0 Å². The van der Waals surface area contributed by atoms with Gasteiger partial charge in [0.25, 0.3) is 0 Å². The number of hydrogen-bond donors (Lipinski definition) is 1. The molecule has 0 atom stereocenters. The number of benzene rings is 1. The first-order chi connectivity index (χ1) is 12.0. The van der Waals surface area contributed by atoms with Crippen molar-refractivity contribution < 1.29 is 19.1 Å². The van der Waals surface area contributed by atoms with Crippen molar-refractivity contribution in [3.05, 3.63) is 29.3 Å². The second kappa shape index (κ2) is 9.15. The molecule has 1 aliphatic heterocycles. The number of hydrogen-bond acceptors (Lipinski definition) is 4. The minimum atomic E-state index is -0.315. The highest BCUT2D eigenvalue weighted by Gasteiger charge is 2.24. The van der Waals surface area contributed by atoms with Gasteiger partial charge in [0, 0.05) is 26.2 Å². The molecule has 7 nitrogen and oxygen atoms in total. The van der Waals surface area contributed by atoms with Gasteiger partial charge in [0.15, 0.2) is 0 Å². The van der Waals surface area contributed by atoms with Crippen LogP contribution in [0.1, 0.15) is 18.1 Å². The Morgan fingerprint density at radius 1 is 1.12 bits per heavy atom. The fourth-order valence-electron chi connectivity index (χ4n) is 2.62.